The standard InChI is InChI=1S/C16H14N4O2/c1-11-6-7-13(10-18-11)19-9-12(8-17)16(22)20-14-4-2-3-5-15(14)21/h2-7,9-10,19,21H,1H3,(H,20,22)/b12-9-. The van der Waals surface area contributed by atoms with Crippen LogP contribution in [0.3, 0.4) is 0 Å². The van der Waals surface area contributed by atoms with Crippen molar-refractivity contribution in [2.75, 3.05) is 10.6 Å². The molecule has 0 bridgehead atoms. The molecule has 0 aliphatic heterocycles. The van der Waals surface area contributed by atoms with E-state index < -0.39 is 5.91 Å². The van der Waals surface area contributed by atoms with E-state index in [9.17, 15) is 9.90 Å². The molecule has 6 heteroatoms. The van der Waals surface area contributed by atoms with E-state index in [4.69, 9.17) is 5.26 Å². The van der Waals surface area contributed by atoms with Gasteiger partial charge in [0.05, 0.1) is 17.6 Å². The van der Waals surface area contributed by atoms with Crippen molar-refractivity contribution in [1.82, 2.24) is 4.98 Å². The van der Waals surface area contributed by atoms with E-state index in [0.717, 1.165) is 5.69 Å². The molecule has 0 spiro atoms. The molecule has 1 heterocycles. The molecule has 0 saturated heterocycles. The summed E-state index contributed by atoms with van der Waals surface area (Å²) in [5, 5.41) is 24.0. The number of carbonyl (C=O) groups is 1. The maximum atomic E-state index is 12.0. The summed E-state index contributed by atoms with van der Waals surface area (Å²) >= 11 is 0. The quantitative estimate of drug-likeness (QED) is 0.457. The molecular weight excluding hydrogens is 280 g/mol. The molecule has 0 aliphatic carbocycles. The lowest BCUT2D eigenvalue weighted by Gasteiger charge is -2.06. The summed E-state index contributed by atoms with van der Waals surface area (Å²) < 4.78 is 0. The lowest BCUT2D eigenvalue weighted by Crippen LogP contribution is -2.14. The zero-order valence-electron chi connectivity index (χ0n) is 11.9. The first kappa shape index (κ1) is 15.1. The Labute approximate surface area is 127 Å². The van der Waals surface area contributed by atoms with Crippen LogP contribution in [0.4, 0.5) is 11.4 Å². The lowest BCUT2D eigenvalue weighted by atomic mass is 10.2. The number of phenols is 1. The number of carbonyl (C=O) groups excluding carboxylic acids is 1. The van der Waals surface area contributed by atoms with Crippen LogP contribution in [0.1, 0.15) is 5.69 Å². The molecule has 1 amide bonds. The van der Waals surface area contributed by atoms with Crippen molar-refractivity contribution in [3.8, 4) is 11.8 Å². The van der Waals surface area contributed by atoms with Crippen LogP contribution in [0.25, 0.3) is 0 Å². The third-order valence-electron chi connectivity index (χ3n) is 2.81. The molecule has 0 fully saturated rings. The third kappa shape index (κ3) is 3.84. The molecule has 1 aromatic heterocycles. The van der Waals surface area contributed by atoms with E-state index in [0.29, 0.717) is 5.69 Å². The molecule has 0 aliphatic rings. The Bertz CT molecular complexity index is 745. The summed E-state index contributed by atoms with van der Waals surface area (Å²) in [5.41, 5.74) is 1.65. The number of aromatic nitrogens is 1. The number of hydrogen-bond acceptors (Lipinski definition) is 5. The molecule has 2 rings (SSSR count). The first-order valence-corrected chi connectivity index (χ1v) is 6.49. The number of para-hydroxylation sites is 2. The maximum Gasteiger partial charge on any atom is 0.267 e. The van der Waals surface area contributed by atoms with Crippen molar-refractivity contribution < 1.29 is 9.90 Å². The highest BCUT2D eigenvalue weighted by molar-refractivity contribution is 6.07. The summed E-state index contributed by atoms with van der Waals surface area (Å²) in [4.78, 5) is 16.1. The van der Waals surface area contributed by atoms with Gasteiger partial charge in [0.25, 0.3) is 5.91 Å². The number of pyridine rings is 1. The number of amides is 1. The smallest absolute Gasteiger partial charge is 0.267 e. The van der Waals surface area contributed by atoms with Crippen LogP contribution < -0.4 is 10.6 Å². The highest BCUT2D eigenvalue weighted by atomic mass is 16.3. The van der Waals surface area contributed by atoms with Crippen LogP contribution in [0.2, 0.25) is 0 Å². The third-order valence-corrected chi connectivity index (χ3v) is 2.81. The second kappa shape index (κ2) is 6.90. The number of benzene rings is 1. The maximum absolute atomic E-state index is 12.0. The Balaban J connectivity index is 2.09. The monoisotopic (exact) mass is 294 g/mol. The van der Waals surface area contributed by atoms with Crippen LogP contribution in [-0.4, -0.2) is 16.0 Å². The second-order valence-corrected chi connectivity index (χ2v) is 4.47. The predicted octanol–water partition coefficient (Wildman–Crippen LogP) is 2.55. The predicted molar refractivity (Wildman–Crippen MR) is 83.0 cm³/mol. The van der Waals surface area contributed by atoms with Gasteiger partial charge in [-0.25, -0.2) is 0 Å². The van der Waals surface area contributed by atoms with Crippen molar-refractivity contribution in [2.45, 2.75) is 6.92 Å². The Morgan fingerprint density at radius 3 is 2.73 bits per heavy atom. The van der Waals surface area contributed by atoms with Crippen LogP contribution in [0, 0.1) is 18.3 Å². The van der Waals surface area contributed by atoms with Gasteiger partial charge in [-0.05, 0) is 31.2 Å². The Morgan fingerprint density at radius 1 is 1.32 bits per heavy atom. The topological polar surface area (TPSA) is 98.0 Å². The van der Waals surface area contributed by atoms with Gasteiger partial charge in [-0.2, -0.15) is 5.26 Å². The highest BCUT2D eigenvalue weighted by Crippen LogP contribution is 2.21. The second-order valence-electron chi connectivity index (χ2n) is 4.47. The van der Waals surface area contributed by atoms with Crippen LogP contribution in [-0.2, 0) is 4.79 Å². The minimum Gasteiger partial charge on any atom is -0.506 e. The average Bonchev–Trinajstić information content (AvgIpc) is 2.52. The number of anilines is 2. The molecule has 0 radical (unpaired) electrons. The van der Waals surface area contributed by atoms with E-state index in [2.05, 4.69) is 15.6 Å². The number of hydrogen-bond donors (Lipinski definition) is 3. The van der Waals surface area contributed by atoms with Crippen molar-refractivity contribution in [3.63, 3.8) is 0 Å². The molecule has 3 N–H and O–H groups in total. The molecule has 1 aromatic carbocycles. The van der Waals surface area contributed by atoms with E-state index >= 15 is 0 Å². The van der Waals surface area contributed by atoms with Gasteiger partial charge in [-0.15, -0.1) is 0 Å². The lowest BCUT2D eigenvalue weighted by molar-refractivity contribution is -0.112. The van der Waals surface area contributed by atoms with Crippen LogP contribution in [0.5, 0.6) is 5.75 Å². The minimum atomic E-state index is -0.614. The Morgan fingerprint density at radius 2 is 2.09 bits per heavy atom. The summed E-state index contributed by atoms with van der Waals surface area (Å²) in [6, 6.07) is 11.7. The van der Waals surface area contributed by atoms with Gasteiger partial charge in [0.15, 0.2) is 0 Å². The number of aryl methyl sites for hydroxylation is 1. The van der Waals surface area contributed by atoms with Gasteiger partial charge in [0.1, 0.15) is 17.4 Å². The van der Waals surface area contributed by atoms with Gasteiger partial charge < -0.3 is 15.7 Å². The molecule has 22 heavy (non-hydrogen) atoms. The fraction of sp³-hybridized carbons (Fsp3) is 0.0625. The summed E-state index contributed by atoms with van der Waals surface area (Å²) in [6.07, 6.45) is 2.89. The van der Waals surface area contributed by atoms with Crippen LogP contribution in [0.15, 0.2) is 54.4 Å². The van der Waals surface area contributed by atoms with Crippen molar-refractivity contribution in [3.05, 3.63) is 60.1 Å². The fourth-order valence-electron chi connectivity index (χ4n) is 1.63. The van der Waals surface area contributed by atoms with Gasteiger partial charge in [0.2, 0.25) is 0 Å². The molecule has 6 nitrogen and oxygen atoms in total. The number of nitriles is 1. The van der Waals surface area contributed by atoms with E-state index in [1.165, 1.54) is 12.3 Å². The van der Waals surface area contributed by atoms with E-state index in [1.54, 1.807) is 30.5 Å². The van der Waals surface area contributed by atoms with Gasteiger partial charge in [-0.1, -0.05) is 12.1 Å². The largest absolute Gasteiger partial charge is 0.506 e. The first-order chi connectivity index (χ1) is 10.6. The Kier molecular flexibility index (Phi) is 4.73. The van der Waals surface area contributed by atoms with Gasteiger partial charge in [0, 0.05) is 11.9 Å². The van der Waals surface area contributed by atoms with Crippen molar-refractivity contribution in [1.29, 1.82) is 5.26 Å². The normalized spacial score (nSPS) is 10.6. The molecule has 0 unspecified atom stereocenters. The number of phenolic OH excluding ortho intramolecular Hbond substituents is 1. The van der Waals surface area contributed by atoms with E-state index in [1.807, 2.05) is 19.1 Å². The molecule has 2 aromatic rings. The summed E-state index contributed by atoms with van der Waals surface area (Å²) in [7, 11) is 0. The Hall–Kier alpha value is -3.33. The highest BCUT2D eigenvalue weighted by Gasteiger charge is 2.11. The zero-order chi connectivity index (χ0) is 15.9. The van der Waals surface area contributed by atoms with Crippen molar-refractivity contribution in [2.24, 2.45) is 0 Å². The van der Waals surface area contributed by atoms with E-state index in [-0.39, 0.29) is 17.0 Å². The molecule has 0 saturated carbocycles. The first-order valence-electron chi connectivity index (χ1n) is 6.49. The van der Waals surface area contributed by atoms with Gasteiger partial charge in [-0.3, -0.25) is 9.78 Å². The summed E-state index contributed by atoms with van der Waals surface area (Å²) in [5.74, 6) is -0.680. The van der Waals surface area contributed by atoms with Crippen molar-refractivity contribution >= 4 is 17.3 Å². The molecule has 110 valence electrons. The molecular formula is C16H14N4O2. The number of nitrogens with one attached hydrogen (secondary N) is 2. The summed E-state index contributed by atoms with van der Waals surface area (Å²) in [6.45, 7) is 1.86. The number of nitrogens with zero attached hydrogens (tertiary/aromatic N) is 2. The van der Waals surface area contributed by atoms with Crippen LogP contribution >= 0.6 is 0 Å². The minimum absolute atomic E-state index is 0.0659. The van der Waals surface area contributed by atoms with Gasteiger partial charge >= 0.3 is 0 Å². The number of aromatic hydroxyl groups is 1. The average molecular weight is 294 g/mol. The fourth-order valence-corrected chi connectivity index (χ4v) is 1.63. The number of rotatable bonds is 4. The SMILES string of the molecule is Cc1ccc(N/C=C(/C#N)C(=O)Nc2ccccc2O)cn1. The zero-order valence-corrected chi connectivity index (χ0v) is 11.9. The molecule has 0 atom stereocenters.